The van der Waals surface area contributed by atoms with Gasteiger partial charge in [0.15, 0.2) is 0 Å². The summed E-state index contributed by atoms with van der Waals surface area (Å²) in [5, 5.41) is 0.0512. The zero-order valence-corrected chi connectivity index (χ0v) is 11.5. The molecule has 1 heterocycles. The van der Waals surface area contributed by atoms with Crippen molar-refractivity contribution in [3.05, 3.63) is 29.0 Å². The molecule has 1 aromatic carbocycles. The van der Waals surface area contributed by atoms with Crippen LogP contribution in [0.2, 0.25) is 5.02 Å². The van der Waals surface area contributed by atoms with E-state index in [2.05, 4.69) is 0 Å². The number of sulfonamides is 1. The van der Waals surface area contributed by atoms with Crippen LogP contribution in [0.3, 0.4) is 0 Å². The second kappa shape index (κ2) is 5.13. The lowest BCUT2D eigenvalue weighted by Crippen LogP contribution is -2.47. The molecule has 2 rings (SSSR count). The molecular weight excluding hydrogens is 279 g/mol. The highest BCUT2D eigenvalue weighted by Gasteiger charge is 2.29. The van der Waals surface area contributed by atoms with Gasteiger partial charge in [-0.15, -0.1) is 0 Å². The first-order valence-electron chi connectivity index (χ1n) is 5.55. The van der Waals surface area contributed by atoms with Crippen LogP contribution < -0.4 is 0 Å². The van der Waals surface area contributed by atoms with Crippen molar-refractivity contribution in [1.82, 2.24) is 9.21 Å². The van der Waals surface area contributed by atoms with Gasteiger partial charge in [-0.25, -0.2) is 12.8 Å². The predicted molar refractivity (Wildman–Crippen MR) is 67.7 cm³/mol. The lowest BCUT2D eigenvalue weighted by molar-refractivity contribution is 0.222. The molecular formula is C11H14ClFN2O2S. The molecule has 0 atom stereocenters. The second-order valence-corrected chi connectivity index (χ2v) is 6.60. The number of hydrogen-bond donors (Lipinski definition) is 0. The van der Waals surface area contributed by atoms with Gasteiger partial charge in [-0.1, -0.05) is 11.6 Å². The highest BCUT2D eigenvalue weighted by molar-refractivity contribution is 7.89. The third-order valence-electron chi connectivity index (χ3n) is 2.97. The molecule has 1 fully saturated rings. The van der Waals surface area contributed by atoms with E-state index in [1.54, 1.807) is 0 Å². The van der Waals surface area contributed by atoms with Crippen LogP contribution in [-0.4, -0.2) is 50.8 Å². The summed E-state index contributed by atoms with van der Waals surface area (Å²) in [4.78, 5) is 1.88. The van der Waals surface area contributed by atoms with Crippen LogP contribution >= 0.6 is 11.6 Å². The van der Waals surface area contributed by atoms with Gasteiger partial charge in [0.05, 0.1) is 5.02 Å². The van der Waals surface area contributed by atoms with Crippen molar-refractivity contribution in [3.8, 4) is 0 Å². The minimum atomic E-state index is -3.70. The van der Waals surface area contributed by atoms with Gasteiger partial charge in [0.25, 0.3) is 0 Å². The molecule has 1 saturated heterocycles. The Labute approximate surface area is 111 Å². The van der Waals surface area contributed by atoms with E-state index in [9.17, 15) is 12.8 Å². The van der Waals surface area contributed by atoms with Crippen LogP contribution in [0, 0.1) is 5.82 Å². The molecule has 1 aromatic rings. The molecule has 4 nitrogen and oxygen atoms in total. The van der Waals surface area contributed by atoms with Crippen molar-refractivity contribution in [2.24, 2.45) is 0 Å². The molecule has 7 heteroatoms. The minimum Gasteiger partial charge on any atom is -0.304 e. The van der Waals surface area contributed by atoms with Gasteiger partial charge in [-0.2, -0.15) is 4.31 Å². The Kier molecular flexibility index (Phi) is 3.91. The van der Waals surface area contributed by atoms with E-state index in [0.29, 0.717) is 26.2 Å². The topological polar surface area (TPSA) is 40.6 Å². The van der Waals surface area contributed by atoms with Gasteiger partial charge < -0.3 is 4.90 Å². The van der Waals surface area contributed by atoms with Gasteiger partial charge in [-0.3, -0.25) is 0 Å². The van der Waals surface area contributed by atoms with Gasteiger partial charge in [0.2, 0.25) is 10.0 Å². The van der Waals surface area contributed by atoms with Crippen LogP contribution in [0.15, 0.2) is 23.1 Å². The molecule has 18 heavy (non-hydrogen) atoms. The van der Waals surface area contributed by atoms with Crippen LogP contribution in [0.4, 0.5) is 4.39 Å². The Bertz CT molecular complexity index is 542. The first kappa shape index (κ1) is 13.7. The molecule has 1 aliphatic heterocycles. The lowest BCUT2D eigenvalue weighted by atomic mass is 10.3. The molecule has 0 bridgehead atoms. The number of benzene rings is 1. The van der Waals surface area contributed by atoms with Gasteiger partial charge in [0.1, 0.15) is 10.7 Å². The molecule has 0 spiro atoms. The van der Waals surface area contributed by atoms with E-state index < -0.39 is 15.8 Å². The number of hydrogen-bond acceptors (Lipinski definition) is 3. The second-order valence-electron chi connectivity index (χ2n) is 4.28. The van der Waals surface area contributed by atoms with Crippen LogP contribution in [0.25, 0.3) is 0 Å². The van der Waals surface area contributed by atoms with Crippen molar-refractivity contribution in [2.75, 3.05) is 33.2 Å². The van der Waals surface area contributed by atoms with Crippen molar-refractivity contribution in [3.63, 3.8) is 0 Å². The maximum atomic E-state index is 13.2. The van der Waals surface area contributed by atoms with Crippen molar-refractivity contribution in [1.29, 1.82) is 0 Å². The van der Waals surface area contributed by atoms with E-state index >= 15 is 0 Å². The Hall–Kier alpha value is -0.690. The van der Waals surface area contributed by atoms with E-state index in [4.69, 9.17) is 11.6 Å². The summed E-state index contributed by atoms with van der Waals surface area (Å²) in [6.07, 6.45) is 0. The zero-order valence-electron chi connectivity index (χ0n) is 9.94. The normalized spacial score (nSPS) is 19.1. The molecule has 0 radical (unpaired) electrons. The largest absolute Gasteiger partial charge is 0.304 e. The molecule has 0 aromatic heterocycles. The quantitative estimate of drug-likeness (QED) is 0.828. The van der Waals surface area contributed by atoms with E-state index in [1.807, 2.05) is 11.9 Å². The fourth-order valence-corrected chi connectivity index (χ4v) is 3.75. The predicted octanol–water partition coefficient (Wildman–Crippen LogP) is 1.42. The molecule has 0 unspecified atom stereocenters. The SMILES string of the molecule is CN1CCN(S(=O)(=O)c2cc(F)ccc2Cl)CC1. The van der Waals surface area contributed by atoms with Gasteiger partial charge >= 0.3 is 0 Å². The van der Waals surface area contributed by atoms with Crippen molar-refractivity contribution in [2.45, 2.75) is 4.90 Å². The van der Waals surface area contributed by atoms with Crippen LogP contribution in [-0.2, 0) is 10.0 Å². The van der Waals surface area contributed by atoms with E-state index in [0.717, 1.165) is 12.1 Å². The average molecular weight is 293 g/mol. The smallest absolute Gasteiger partial charge is 0.244 e. The number of halogens is 2. The van der Waals surface area contributed by atoms with E-state index in [1.165, 1.54) is 10.4 Å². The maximum Gasteiger partial charge on any atom is 0.244 e. The Balaban J connectivity index is 2.33. The summed E-state index contributed by atoms with van der Waals surface area (Å²) in [7, 11) is -1.77. The van der Waals surface area contributed by atoms with Crippen LogP contribution in [0.5, 0.6) is 0 Å². The highest BCUT2D eigenvalue weighted by atomic mass is 35.5. The summed E-state index contributed by atoms with van der Waals surface area (Å²) in [6.45, 7) is 2.11. The molecule has 0 N–H and O–H groups in total. The molecule has 0 amide bonds. The summed E-state index contributed by atoms with van der Waals surface area (Å²) in [6, 6.07) is 3.38. The zero-order chi connectivity index (χ0) is 13.3. The summed E-state index contributed by atoms with van der Waals surface area (Å²) in [5.41, 5.74) is 0. The Morgan fingerprint density at radius 3 is 2.44 bits per heavy atom. The fourth-order valence-electron chi connectivity index (χ4n) is 1.84. The summed E-state index contributed by atoms with van der Waals surface area (Å²) in [5.74, 6) is -0.605. The Morgan fingerprint density at radius 1 is 1.22 bits per heavy atom. The highest BCUT2D eigenvalue weighted by Crippen LogP contribution is 2.26. The number of nitrogens with zero attached hydrogens (tertiary/aromatic N) is 2. The summed E-state index contributed by atoms with van der Waals surface area (Å²) >= 11 is 5.85. The van der Waals surface area contributed by atoms with Crippen LogP contribution in [0.1, 0.15) is 0 Å². The molecule has 1 aliphatic rings. The average Bonchev–Trinajstić information content (AvgIpc) is 2.32. The minimum absolute atomic E-state index is 0.0512. The molecule has 0 aliphatic carbocycles. The fraction of sp³-hybridized carbons (Fsp3) is 0.455. The number of rotatable bonds is 2. The lowest BCUT2D eigenvalue weighted by Gasteiger charge is -2.31. The third kappa shape index (κ3) is 2.66. The standard InChI is InChI=1S/C11H14ClFN2O2S/c1-14-4-6-15(7-5-14)18(16,17)11-8-9(13)2-3-10(11)12/h2-3,8H,4-7H2,1H3. The third-order valence-corrected chi connectivity index (χ3v) is 5.35. The monoisotopic (exact) mass is 292 g/mol. The Morgan fingerprint density at radius 2 is 1.83 bits per heavy atom. The first-order chi connectivity index (χ1) is 8.41. The number of piperazine rings is 1. The molecule has 100 valence electrons. The van der Waals surface area contributed by atoms with Gasteiger partial charge in [0, 0.05) is 26.2 Å². The van der Waals surface area contributed by atoms with Gasteiger partial charge in [-0.05, 0) is 25.2 Å². The number of likely N-dealkylation sites (N-methyl/N-ethyl adjacent to an activating group) is 1. The molecule has 0 saturated carbocycles. The van der Waals surface area contributed by atoms with E-state index in [-0.39, 0.29) is 9.92 Å². The maximum absolute atomic E-state index is 13.2. The van der Waals surface area contributed by atoms with Crippen molar-refractivity contribution >= 4 is 21.6 Å². The first-order valence-corrected chi connectivity index (χ1v) is 7.37. The van der Waals surface area contributed by atoms with Crippen molar-refractivity contribution < 1.29 is 12.8 Å². The summed E-state index contributed by atoms with van der Waals surface area (Å²) < 4.78 is 39.1.